The molecule has 7 nitrogen and oxygen atoms in total. The van der Waals surface area contributed by atoms with Crippen molar-refractivity contribution in [1.82, 2.24) is 0 Å². The largest absolute Gasteiger partial charge is 0.454 e. The molecule has 4 aliphatic rings. The van der Waals surface area contributed by atoms with Gasteiger partial charge in [0.1, 0.15) is 0 Å². The average molecular weight is 569 g/mol. The quantitative estimate of drug-likeness (QED) is 0.380. The van der Waals surface area contributed by atoms with Crippen molar-refractivity contribution in [2.45, 2.75) is 76.4 Å². The van der Waals surface area contributed by atoms with Crippen molar-refractivity contribution in [1.29, 1.82) is 0 Å². The third-order valence-corrected chi connectivity index (χ3v) is 11.4. The Morgan fingerprint density at radius 1 is 1.12 bits per heavy atom. The Morgan fingerprint density at radius 3 is 2.50 bits per heavy atom. The van der Waals surface area contributed by atoms with E-state index in [1.165, 1.54) is 6.08 Å². The number of fused-ring (bicyclic) bond motifs is 5. The minimum absolute atomic E-state index is 0.0722. The number of carbonyl (C=O) groups excluding carboxylic acids is 4. The molecule has 3 saturated carbocycles. The van der Waals surface area contributed by atoms with Gasteiger partial charge in [0.2, 0.25) is 5.78 Å². The molecule has 0 heterocycles. The summed E-state index contributed by atoms with van der Waals surface area (Å²) in [5, 5.41) is 11.9. The number of ketones is 2. The van der Waals surface area contributed by atoms with Crippen LogP contribution in [0.1, 0.15) is 70.2 Å². The zero-order valence-corrected chi connectivity index (χ0v) is 24.2. The van der Waals surface area contributed by atoms with E-state index in [9.17, 15) is 24.3 Å². The molecule has 8 heteroatoms. The van der Waals surface area contributed by atoms with Gasteiger partial charge in [0.05, 0.1) is 16.5 Å². The number of ether oxygens (including phenoxy) is 2. The summed E-state index contributed by atoms with van der Waals surface area (Å²) in [6.07, 6.45) is 5.93. The fourth-order valence-corrected chi connectivity index (χ4v) is 9.07. The molecule has 8 atom stereocenters. The van der Waals surface area contributed by atoms with Gasteiger partial charge in [-0.3, -0.25) is 14.4 Å². The van der Waals surface area contributed by atoms with Gasteiger partial charge in [-0.25, -0.2) is 4.79 Å². The number of allylic oxidation sites excluding steroid dienone is 4. The van der Waals surface area contributed by atoms with Crippen LogP contribution in [0, 0.1) is 28.6 Å². The fourth-order valence-electron chi connectivity index (χ4n) is 8.55. The molecule has 0 amide bonds. The number of aliphatic hydroxyl groups excluding tert-OH is 1. The minimum Gasteiger partial charge on any atom is -0.454 e. The number of hydrogen-bond donors (Lipinski definition) is 1. The number of carbonyl (C=O) groups is 4. The summed E-state index contributed by atoms with van der Waals surface area (Å²) in [7, 11) is 0. The SMILES string of the molecule is CCC(=O)O[C@]1(C(=O)COC(=O)c2ccccc2)[C@H](C)C[C@H]2[C@@H]3CCC4=CC(=O)C=C[C@]4(C)[C@@]3(Cl)[C@@H](O)C[C@@]21C. The first kappa shape index (κ1) is 28.7. The number of rotatable bonds is 6. The van der Waals surface area contributed by atoms with Crippen LogP contribution < -0.4 is 0 Å². The van der Waals surface area contributed by atoms with Crippen LogP contribution in [0.5, 0.6) is 0 Å². The molecule has 0 unspecified atom stereocenters. The summed E-state index contributed by atoms with van der Waals surface area (Å²) < 4.78 is 11.6. The number of esters is 2. The van der Waals surface area contributed by atoms with E-state index in [4.69, 9.17) is 21.1 Å². The van der Waals surface area contributed by atoms with Crippen molar-refractivity contribution >= 4 is 35.1 Å². The molecule has 0 bridgehead atoms. The number of aliphatic hydroxyl groups is 1. The van der Waals surface area contributed by atoms with Crippen molar-refractivity contribution in [3.63, 3.8) is 0 Å². The summed E-state index contributed by atoms with van der Waals surface area (Å²) in [6, 6.07) is 8.40. The number of alkyl halides is 1. The predicted octanol–water partition coefficient (Wildman–Crippen LogP) is 4.99. The van der Waals surface area contributed by atoms with E-state index in [2.05, 4.69) is 0 Å². The van der Waals surface area contributed by atoms with Crippen LogP contribution in [0.4, 0.5) is 0 Å². The molecule has 1 N–H and O–H groups in total. The van der Waals surface area contributed by atoms with Gasteiger partial charge in [-0.2, -0.15) is 0 Å². The van der Waals surface area contributed by atoms with Crippen LogP contribution in [0.15, 0.2) is 54.1 Å². The highest BCUT2D eigenvalue weighted by Crippen LogP contribution is 2.72. The predicted molar refractivity (Wildman–Crippen MR) is 148 cm³/mol. The van der Waals surface area contributed by atoms with Crippen LogP contribution >= 0.6 is 11.6 Å². The molecule has 0 radical (unpaired) electrons. The van der Waals surface area contributed by atoms with Crippen LogP contribution in [0.3, 0.4) is 0 Å². The number of halogens is 1. The third-order valence-electron chi connectivity index (χ3n) is 10.5. The number of benzene rings is 1. The fraction of sp³-hybridized carbons (Fsp3) is 0.562. The van der Waals surface area contributed by atoms with E-state index in [-0.39, 0.29) is 30.5 Å². The van der Waals surface area contributed by atoms with Crippen molar-refractivity contribution in [2.75, 3.05) is 6.61 Å². The zero-order valence-electron chi connectivity index (χ0n) is 23.4. The molecule has 4 aliphatic carbocycles. The first-order chi connectivity index (χ1) is 18.8. The molecular formula is C32H37ClO7. The van der Waals surface area contributed by atoms with E-state index >= 15 is 0 Å². The summed E-state index contributed by atoms with van der Waals surface area (Å²) in [5.41, 5.74) is -2.07. The topological polar surface area (TPSA) is 107 Å². The molecular weight excluding hydrogens is 532 g/mol. The zero-order chi connectivity index (χ0) is 29.1. The Hall–Kier alpha value is -2.77. The molecule has 0 aliphatic heterocycles. The van der Waals surface area contributed by atoms with Crippen molar-refractivity contribution in [2.24, 2.45) is 28.6 Å². The molecule has 214 valence electrons. The lowest BCUT2D eigenvalue weighted by Crippen LogP contribution is -2.69. The Kier molecular flexibility index (Phi) is 7.15. The molecule has 0 saturated heterocycles. The van der Waals surface area contributed by atoms with E-state index in [0.29, 0.717) is 24.8 Å². The molecule has 0 aromatic heterocycles. The maximum absolute atomic E-state index is 14.2. The Bertz CT molecular complexity index is 1300. The second-order valence-electron chi connectivity index (χ2n) is 12.3. The normalized spacial score (nSPS) is 39.9. The van der Waals surface area contributed by atoms with Crippen LogP contribution in [0.25, 0.3) is 0 Å². The Morgan fingerprint density at radius 2 is 1.82 bits per heavy atom. The second-order valence-corrected chi connectivity index (χ2v) is 13.0. The first-order valence-electron chi connectivity index (χ1n) is 14.1. The van der Waals surface area contributed by atoms with Gasteiger partial charge in [-0.15, -0.1) is 11.6 Å². The van der Waals surface area contributed by atoms with E-state index in [0.717, 1.165) is 5.57 Å². The maximum atomic E-state index is 14.2. The molecule has 3 fully saturated rings. The summed E-state index contributed by atoms with van der Waals surface area (Å²) in [4.78, 5) is 50.8. The van der Waals surface area contributed by atoms with Gasteiger partial charge in [0.25, 0.3) is 0 Å². The van der Waals surface area contributed by atoms with Gasteiger partial charge >= 0.3 is 11.9 Å². The monoisotopic (exact) mass is 568 g/mol. The molecule has 40 heavy (non-hydrogen) atoms. The third kappa shape index (κ3) is 3.87. The standard InChI is InChI=1S/C32H37ClO7/c1-5-27(37)40-32(26(36)18-39-28(38)20-9-7-6-8-10-20)19(2)15-24-23-12-11-21-16-22(34)13-14-29(21,3)31(23,33)25(35)17-30(24,32)4/h6-10,13-14,16,19,23-25,35H,5,11-12,15,17-18H2,1-4H3/t19-,23+,24+,25+,29+,30+,31+,32+/m1/s1. The van der Waals surface area contributed by atoms with E-state index < -0.39 is 57.7 Å². The van der Waals surface area contributed by atoms with Crippen molar-refractivity contribution in [3.05, 3.63) is 59.7 Å². The van der Waals surface area contributed by atoms with Gasteiger partial charge < -0.3 is 14.6 Å². The summed E-state index contributed by atoms with van der Waals surface area (Å²) >= 11 is 7.53. The Labute approximate surface area is 239 Å². The Balaban J connectivity index is 1.53. The van der Waals surface area contributed by atoms with Gasteiger partial charge in [-0.1, -0.05) is 57.5 Å². The molecule has 1 aromatic rings. The van der Waals surface area contributed by atoms with Crippen LogP contribution in [-0.4, -0.2) is 51.8 Å². The molecule has 1 aromatic carbocycles. The van der Waals surface area contributed by atoms with Crippen LogP contribution in [-0.2, 0) is 23.9 Å². The summed E-state index contributed by atoms with van der Waals surface area (Å²) in [5.74, 6) is -2.52. The van der Waals surface area contributed by atoms with Crippen molar-refractivity contribution in [3.8, 4) is 0 Å². The average Bonchev–Trinajstić information content (AvgIpc) is 3.15. The van der Waals surface area contributed by atoms with E-state index in [1.807, 2.05) is 26.8 Å². The van der Waals surface area contributed by atoms with Gasteiger partial charge in [-0.05, 0) is 61.8 Å². The minimum atomic E-state index is -1.60. The van der Waals surface area contributed by atoms with Gasteiger partial charge in [0, 0.05) is 23.2 Å². The highest BCUT2D eigenvalue weighted by atomic mass is 35.5. The van der Waals surface area contributed by atoms with Crippen LogP contribution in [0.2, 0.25) is 0 Å². The number of hydrogen-bond acceptors (Lipinski definition) is 7. The second kappa shape index (κ2) is 9.95. The number of Topliss-reactive ketones (excluding diaryl/α,β-unsaturated/α-hetero) is 1. The smallest absolute Gasteiger partial charge is 0.338 e. The van der Waals surface area contributed by atoms with Gasteiger partial charge in [0.15, 0.2) is 18.0 Å². The highest BCUT2D eigenvalue weighted by molar-refractivity contribution is 6.26. The lowest BCUT2D eigenvalue weighted by molar-refractivity contribution is -0.202. The van der Waals surface area contributed by atoms with Crippen molar-refractivity contribution < 1.29 is 33.8 Å². The maximum Gasteiger partial charge on any atom is 0.338 e. The van der Waals surface area contributed by atoms with E-state index in [1.54, 1.807) is 43.3 Å². The molecule has 0 spiro atoms. The first-order valence-corrected chi connectivity index (χ1v) is 14.5. The highest BCUT2D eigenvalue weighted by Gasteiger charge is 2.76. The summed E-state index contributed by atoms with van der Waals surface area (Å²) in [6.45, 7) is 6.89. The lowest BCUT2D eigenvalue weighted by atomic mass is 9.45. The lowest BCUT2D eigenvalue weighted by Gasteiger charge is -2.64. The molecule has 5 rings (SSSR count).